The van der Waals surface area contributed by atoms with E-state index in [1.54, 1.807) is 12.1 Å². The lowest BCUT2D eigenvalue weighted by atomic mass is 10.0. The predicted octanol–water partition coefficient (Wildman–Crippen LogP) is 3.16. The summed E-state index contributed by atoms with van der Waals surface area (Å²) in [6, 6.07) is 7.33. The van der Waals surface area contributed by atoms with Crippen LogP contribution in [-0.4, -0.2) is 23.1 Å². The molecule has 1 N–H and O–H groups in total. The highest BCUT2D eigenvalue weighted by Crippen LogP contribution is 2.35. The lowest BCUT2D eigenvalue weighted by Crippen LogP contribution is -2.43. The molecule has 112 valence electrons. The van der Waals surface area contributed by atoms with Gasteiger partial charge in [-0.2, -0.15) is 5.26 Å². The summed E-state index contributed by atoms with van der Waals surface area (Å²) in [6.45, 7) is 2.05. The van der Waals surface area contributed by atoms with Gasteiger partial charge >= 0.3 is 5.69 Å². The van der Waals surface area contributed by atoms with E-state index < -0.39 is 10.5 Å². The first-order chi connectivity index (χ1) is 9.95. The monoisotopic (exact) mass is 353 g/mol. The predicted molar refractivity (Wildman–Crippen MR) is 81.1 cm³/mol. The van der Waals surface area contributed by atoms with E-state index in [1.165, 1.54) is 6.07 Å². The number of nitro groups is 1. The third-order valence-electron chi connectivity index (χ3n) is 3.34. The largest absolute Gasteiger partial charge is 0.486 e. The molecule has 0 bridgehead atoms. The van der Waals surface area contributed by atoms with E-state index in [9.17, 15) is 15.4 Å². The van der Waals surface area contributed by atoms with E-state index >= 15 is 0 Å². The molecule has 21 heavy (non-hydrogen) atoms. The average Bonchev–Trinajstić information content (AvgIpc) is 3.24. The molecular weight excluding hydrogens is 338 g/mol. The number of halogens is 1. The Morgan fingerprint density at radius 3 is 2.90 bits per heavy atom. The van der Waals surface area contributed by atoms with Crippen LogP contribution >= 0.6 is 15.9 Å². The average molecular weight is 354 g/mol. The molecule has 0 heterocycles. The Balaban J connectivity index is 2.00. The van der Waals surface area contributed by atoms with Gasteiger partial charge in [0, 0.05) is 18.5 Å². The van der Waals surface area contributed by atoms with Crippen LogP contribution in [0.25, 0.3) is 0 Å². The van der Waals surface area contributed by atoms with E-state index in [2.05, 4.69) is 27.3 Å². The third kappa shape index (κ3) is 4.16. The highest BCUT2D eigenvalue weighted by Gasteiger charge is 2.32. The first kappa shape index (κ1) is 15.7. The number of nitro benzene ring substituents is 1. The van der Waals surface area contributed by atoms with Gasteiger partial charge in [-0.15, -0.1) is 0 Å². The standard InChI is InChI=1S/C14H16BrN3O3/c1-14(9-16,17-10-5-6-10)7-8-21-13-11(15)3-2-4-12(13)18(19)20/h2-4,10,17H,5-8H2,1H3. The maximum atomic E-state index is 11.0. The van der Waals surface area contributed by atoms with Crippen molar-refractivity contribution in [3.05, 3.63) is 32.8 Å². The van der Waals surface area contributed by atoms with E-state index in [0.29, 0.717) is 16.9 Å². The summed E-state index contributed by atoms with van der Waals surface area (Å²) >= 11 is 3.25. The number of nitrogens with one attached hydrogen (secondary N) is 1. The van der Waals surface area contributed by atoms with Gasteiger partial charge in [0.15, 0.2) is 0 Å². The number of rotatable bonds is 7. The second-order valence-electron chi connectivity index (χ2n) is 5.31. The normalized spacial score (nSPS) is 16.8. The lowest BCUT2D eigenvalue weighted by Gasteiger charge is -2.23. The second kappa shape index (κ2) is 6.41. The quantitative estimate of drug-likeness (QED) is 0.600. The molecule has 7 heteroatoms. The Morgan fingerprint density at radius 1 is 1.62 bits per heavy atom. The van der Waals surface area contributed by atoms with Crippen LogP contribution in [0.2, 0.25) is 0 Å². The smallest absolute Gasteiger partial charge is 0.312 e. The fraction of sp³-hybridized carbons (Fsp3) is 0.500. The number of nitriles is 1. The van der Waals surface area contributed by atoms with Crippen molar-refractivity contribution in [3.63, 3.8) is 0 Å². The van der Waals surface area contributed by atoms with Crippen LogP contribution in [0, 0.1) is 21.4 Å². The number of benzene rings is 1. The molecule has 1 aliphatic rings. The molecule has 1 unspecified atom stereocenters. The summed E-state index contributed by atoms with van der Waals surface area (Å²) in [5, 5.41) is 23.5. The molecule has 6 nitrogen and oxygen atoms in total. The number of hydrogen-bond donors (Lipinski definition) is 1. The van der Waals surface area contributed by atoms with Crippen LogP contribution in [-0.2, 0) is 0 Å². The summed E-state index contributed by atoms with van der Waals surface area (Å²) in [5.74, 6) is 0.203. The van der Waals surface area contributed by atoms with Crippen LogP contribution in [0.5, 0.6) is 5.75 Å². The minimum Gasteiger partial charge on any atom is -0.486 e. The summed E-state index contributed by atoms with van der Waals surface area (Å²) in [5.41, 5.74) is -0.754. The Labute approximate surface area is 131 Å². The maximum absolute atomic E-state index is 11.0. The molecule has 0 aromatic heterocycles. The van der Waals surface area contributed by atoms with Gasteiger partial charge in [0.25, 0.3) is 0 Å². The van der Waals surface area contributed by atoms with Crippen LogP contribution in [0.3, 0.4) is 0 Å². The van der Waals surface area contributed by atoms with Crippen molar-refractivity contribution in [3.8, 4) is 11.8 Å². The van der Waals surface area contributed by atoms with Crippen LogP contribution < -0.4 is 10.1 Å². The van der Waals surface area contributed by atoms with Crippen molar-refractivity contribution < 1.29 is 9.66 Å². The van der Waals surface area contributed by atoms with E-state index in [4.69, 9.17) is 4.74 Å². The summed E-state index contributed by atoms with van der Waals surface area (Å²) in [6.07, 6.45) is 2.64. The molecule has 1 aromatic carbocycles. The van der Waals surface area contributed by atoms with Gasteiger partial charge in [0.2, 0.25) is 5.75 Å². The SMILES string of the molecule is CC(C#N)(CCOc1c(Br)cccc1[N+](=O)[O-])NC1CC1. The Morgan fingerprint density at radius 2 is 2.33 bits per heavy atom. The molecule has 1 aliphatic carbocycles. The summed E-state index contributed by atoms with van der Waals surface area (Å²) in [4.78, 5) is 10.5. The van der Waals surface area contributed by atoms with Gasteiger partial charge in [-0.1, -0.05) is 6.07 Å². The summed E-state index contributed by atoms with van der Waals surface area (Å²) in [7, 11) is 0. The molecule has 0 saturated heterocycles. The Kier molecular flexibility index (Phi) is 4.80. The number of para-hydroxylation sites is 1. The van der Waals surface area contributed by atoms with Crippen LogP contribution in [0.15, 0.2) is 22.7 Å². The summed E-state index contributed by atoms with van der Waals surface area (Å²) < 4.78 is 6.08. The van der Waals surface area contributed by atoms with Crippen molar-refractivity contribution in [1.29, 1.82) is 5.26 Å². The van der Waals surface area contributed by atoms with Gasteiger partial charge in [0.1, 0.15) is 5.54 Å². The van der Waals surface area contributed by atoms with Gasteiger partial charge in [-0.05, 0) is 41.8 Å². The molecule has 1 atom stereocenters. The highest BCUT2D eigenvalue weighted by atomic mass is 79.9. The lowest BCUT2D eigenvalue weighted by molar-refractivity contribution is -0.386. The van der Waals surface area contributed by atoms with Crippen molar-refractivity contribution in [1.82, 2.24) is 5.32 Å². The van der Waals surface area contributed by atoms with E-state index in [1.807, 2.05) is 6.92 Å². The van der Waals surface area contributed by atoms with Gasteiger partial charge in [-0.3, -0.25) is 15.4 Å². The molecule has 0 amide bonds. The van der Waals surface area contributed by atoms with Crippen molar-refractivity contribution in [2.24, 2.45) is 0 Å². The number of hydrogen-bond acceptors (Lipinski definition) is 5. The molecule has 2 rings (SSSR count). The van der Waals surface area contributed by atoms with E-state index in [0.717, 1.165) is 12.8 Å². The van der Waals surface area contributed by atoms with E-state index in [-0.39, 0.29) is 18.0 Å². The zero-order valence-electron chi connectivity index (χ0n) is 11.6. The molecule has 0 radical (unpaired) electrons. The fourth-order valence-corrected chi connectivity index (χ4v) is 2.45. The second-order valence-corrected chi connectivity index (χ2v) is 6.16. The zero-order valence-corrected chi connectivity index (χ0v) is 13.2. The molecule has 1 saturated carbocycles. The molecule has 1 aromatic rings. The Bertz CT molecular complexity index is 583. The first-order valence-electron chi connectivity index (χ1n) is 6.70. The third-order valence-corrected chi connectivity index (χ3v) is 3.96. The molecule has 1 fully saturated rings. The molecule has 0 aliphatic heterocycles. The van der Waals surface area contributed by atoms with Crippen molar-refractivity contribution in [2.75, 3.05) is 6.61 Å². The van der Waals surface area contributed by atoms with Crippen LogP contribution in [0.4, 0.5) is 5.69 Å². The van der Waals surface area contributed by atoms with Gasteiger partial charge in [0.05, 0.1) is 22.1 Å². The molecule has 0 spiro atoms. The topological polar surface area (TPSA) is 88.2 Å². The van der Waals surface area contributed by atoms with Crippen molar-refractivity contribution in [2.45, 2.75) is 37.8 Å². The van der Waals surface area contributed by atoms with Crippen LogP contribution in [0.1, 0.15) is 26.2 Å². The number of nitrogens with zero attached hydrogens (tertiary/aromatic N) is 2. The van der Waals surface area contributed by atoms with Gasteiger partial charge < -0.3 is 4.74 Å². The Hall–Kier alpha value is -1.65. The zero-order chi connectivity index (χ0) is 15.5. The fourth-order valence-electron chi connectivity index (χ4n) is 1.98. The molecular formula is C14H16BrN3O3. The maximum Gasteiger partial charge on any atom is 0.312 e. The first-order valence-corrected chi connectivity index (χ1v) is 7.49. The van der Waals surface area contributed by atoms with Gasteiger partial charge in [-0.25, -0.2) is 0 Å². The minimum atomic E-state index is -0.669. The highest BCUT2D eigenvalue weighted by molar-refractivity contribution is 9.10. The van der Waals surface area contributed by atoms with Crippen molar-refractivity contribution >= 4 is 21.6 Å². The number of ether oxygens (including phenoxy) is 1. The minimum absolute atomic E-state index is 0.0850.